The molecule has 0 bridgehead atoms. The number of methoxy groups -OCH3 is 1. The first-order chi connectivity index (χ1) is 11.6. The lowest BCUT2D eigenvalue weighted by Gasteiger charge is -2.09. The number of nitrogens with one attached hydrogen (secondary N) is 2. The molecule has 1 aromatic carbocycles. The second-order valence-corrected chi connectivity index (χ2v) is 8.39. The van der Waals surface area contributed by atoms with Gasteiger partial charge >= 0.3 is 0 Å². The highest BCUT2D eigenvalue weighted by Crippen LogP contribution is 2.30. The van der Waals surface area contributed by atoms with E-state index < -0.39 is 0 Å². The van der Waals surface area contributed by atoms with Gasteiger partial charge in [0.05, 0.1) is 5.25 Å². The summed E-state index contributed by atoms with van der Waals surface area (Å²) >= 11 is 6.26. The molecule has 0 fully saturated rings. The maximum Gasteiger partial charge on any atom is 0.233 e. The van der Waals surface area contributed by atoms with Crippen molar-refractivity contribution >= 4 is 55.8 Å². The Morgan fingerprint density at radius 3 is 3.04 bits per heavy atom. The van der Waals surface area contributed by atoms with E-state index in [1.807, 2.05) is 31.2 Å². The van der Waals surface area contributed by atoms with Crippen LogP contribution >= 0.6 is 39.0 Å². The Hall–Kier alpha value is -1.16. The minimum Gasteiger partial charge on any atom is -0.385 e. The zero-order valence-electron chi connectivity index (χ0n) is 13.4. The lowest BCUT2D eigenvalue weighted by atomic mass is 10.3. The van der Waals surface area contributed by atoms with Gasteiger partial charge < -0.3 is 15.4 Å². The van der Waals surface area contributed by atoms with E-state index in [-0.39, 0.29) is 11.2 Å². The Kier molecular flexibility index (Phi) is 7.97. The maximum atomic E-state index is 12.0. The monoisotopic (exact) mass is 430 g/mol. The zero-order valence-corrected chi connectivity index (χ0v) is 16.6. The molecule has 1 amide bonds. The Morgan fingerprint density at radius 2 is 2.29 bits per heavy atom. The van der Waals surface area contributed by atoms with Crippen molar-refractivity contribution in [3.63, 3.8) is 0 Å². The Labute approximate surface area is 157 Å². The highest BCUT2D eigenvalue weighted by molar-refractivity contribution is 9.10. The molecule has 0 aliphatic carbocycles. The predicted molar refractivity (Wildman–Crippen MR) is 102 cm³/mol. The number of hydrogen-bond donors (Lipinski definition) is 2. The predicted octanol–water partition coefficient (Wildman–Crippen LogP) is 3.68. The number of amides is 1. The summed E-state index contributed by atoms with van der Waals surface area (Å²) in [4.78, 5) is 12.0. The third-order valence-electron chi connectivity index (χ3n) is 2.95. The molecule has 0 saturated carbocycles. The molecule has 1 unspecified atom stereocenters. The molecular weight excluding hydrogens is 412 g/mol. The minimum absolute atomic E-state index is 0.00666. The molecule has 1 heterocycles. The van der Waals surface area contributed by atoms with Crippen LogP contribution in [-0.4, -0.2) is 41.6 Å². The van der Waals surface area contributed by atoms with Crippen LogP contribution in [0.15, 0.2) is 33.1 Å². The standard InChI is InChI=1S/C15H19BrN4O2S2/c1-10(13(21)17-7-4-8-22-2)23-15-20-19-14(24-15)18-12-6-3-5-11(16)9-12/h3,5-6,9-10H,4,7-8H2,1-2H3,(H,17,21)(H,18,19). The molecule has 0 spiro atoms. The van der Waals surface area contributed by atoms with Gasteiger partial charge in [0, 0.05) is 30.4 Å². The first kappa shape index (κ1) is 19.2. The SMILES string of the molecule is COCCCNC(=O)C(C)Sc1nnc(Nc2cccc(Br)c2)s1. The van der Waals surface area contributed by atoms with Crippen molar-refractivity contribution in [2.45, 2.75) is 22.9 Å². The molecule has 2 rings (SSSR count). The van der Waals surface area contributed by atoms with Crippen molar-refractivity contribution in [1.29, 1.82) is 0 Å². The van der Waals surface area contributed by atoms with Crippen LogP contribution in [0.4, 0.5) is 10.8 Å². The average Bonchev–Trinajstić information content (AvgIpc) is 2.98. The Balaban J connectivity index is 1.83. The van der Waals surface area contributed by atoms with E-state index in [2.05, 4.69) is 36.8 Å². The van der Waals surface area contributed by atoms with Crippen LogP contribution in [0.1, 0.15) is 13.3 Å². The van der Waals surface area contributed by atoms with Gasteiger partial charge in [0.2, 0.25) is 11.0 Å². The Morgan fingerprint density at radius 1 is 1.46 bits per heavy atom. The molecule has 9 heteroatoms. The first-order valence-electron chi connectivity index (χ1n) is 7.38. The number of nitrogens with zero attached hydrogens (tertiary/aromatic N) is 2. The zero-order chi connectivity index (χ0) is 17.4. The number of halogens is 1. The lowest BCUT2D eigenvalue weighted by molar-refractivity contribution is -0.120. The molecule has 2 N–H and O–H groups in total. The van der Waals surface area contributed by atoms with Crippen molar-refractivity contribution in [3.05, 3.63) is 28.7 Å². The quantitative estimate of drug-likeness (QED) is 0.466. The van der Waals surface area contributed by atoms with Crippen LogP contribution < -0.4 is 10.6 Å². The topological polar surface area (TPSA) is 76.1 Å². The number of ether oxygens (including phenoxy) is 1. The number of anilines is 2. The van der Waals surface area contributed by atoms with Gasteiger partial charge in [-0.1, -0.05) is 45.1 Å². The van der Waals surface area contributed by atoms with Gasteiger partial charge in [-0.2, -0.15) is 0 Å². The fourth-order valence-corrected chi connectivity index (χ4v) is 4.11. The van der Waals surface area contributed by atoms with E-state index in [1.165, 1.54) is 23.1 Å². The van der Waals surface area contributed by atoms with Crippen molar-refractivity contribution in [2.24, 2.45) is 0 Å². The summed E-state index contributed by atoms with van der Waals surface area (Å²) < 4.78 is 6.70. The summed E-state index contributed by atoms with van der Waals surface area (Å²) in [5, 5.41) is 14.8. The molecule has 24 heavy (non-hydrogen) atoms. The molecule has 130 valence electrons. The molecule has 0 aliphatic rings. The Bertz CT molecular complexity index is 668. The summed E-state index contributed by atoms with van der Waals surface area (Å²) in [5.74, 6) is -0.00666. The smallest absolute Gasteiger partial charge is 0.233 e. The summed E-state index contributed by atoms with van der Waals surface area (Å²) in [6.07, 6.45) is 0.805. The largest absolute Gasteiger partial charge is 0.385 e. The molecule has 0 aliphatic heterocycles. The van der Waals surface area contributed by atoms with Gasteiger partial charge in [0.25, 0.3) is 0 Å². The third-order valence-corrected chi connectivity index (χ3v) is 5.47. The van der Waals surface area contributed by atoms with Crippen molar-refractivity contribution in [3.8, 4) is 0 Å². The van der Waals surface area contributed by atoms with Crippen LogP contribution in [0.25, 0.3) is 0 Å². The van der Waals surface area contributed by atoms with Gasteiger partial charge in [-0.3, -0.25) is 4.79 Å². The third kappa shape index (κ3) is 6.39. The molecular formula is C15H19BrN4O2S2. The number of hydrogen-bond acceptors (Lipinski definition) is 7. The lowest BCUT2D eigenvalue weighted by Crippen LogP contribution is -2.32. The molecule has 2 aromatic rings. The van der Waals surface area contributed by atoms with Gasteiger partial charge in [-0.05, 0) is 31.5 Å². The number of carbonyl (C=O) groups excluding carboxylic acids is 1. The second kappa shape index (κ2) is 9.97. The van der Waals surface area contributed by atoms with Crippen LogP contribution in [-0.2, 0) is 9.53 Å². The summed E-state index contributed by atoms with van der Waals surface area (Å²) in [7, 11) is 1.65. The number of thioether (sulfide) groups is 1. The minimum atomic E-state index is -0.223. The first-order valence-corrected chi connectivity index (χ1v) is 9.87. The molecule has 6 nitrogen and oxygen atoms in total. The molecule has 0 radical (unpaired) electrons. The van der Waals surface area contributed by atoms with Gasteiger partial charge in [-0.25, -0.2) is 0 Å². The summed E-state index contributed by atoms with van der Waals surface area (Å²) in [6.45, 7) is 3.12. The van der Waals surface area contributed by atoms with E-state index in [4.69, 9.17) is 4.74 Å². The molecule has 1 aromatic heterocycles. The highest BCUT2D eigenvalue weighted by Gasteiger charge is 2.16. The van der Waals surface area contributed by atoms with E-state index in [0.29, 0.717) is 18.3 Å². The van der Waals surface area contributed by atoms with Gasteiger partial charge in [-0.15, -0.1) is 10.2 Å². The highest BCUT2D eigenvalue weighted by atomic mass is 79.9. The number of carbonyl (C=O) groups is 1. The second-order valence-electron chi connectivity index (χ2n) is 4.91. The van der Waals surface area contributed by atoms with Crippen LogP contribution in [0, 0.1) is 0 Å². The van der Waals surface area contributed by atoms with E-state index in [0.717, 1.165) is 20.9 Å². The fourth-order valence-electron chi connectivity index (χ4n) is 1.77. The number of benzene rings is 1. The van der Waals surface area contributed by atoms with E-state index in [9.17, 15) is 4.79 Å². The van der Waals surface area contributed by atoms with Crippen LogP contribution in [0.2, 0.25) is 0 Å². The van der Waals surface area contributed by atoms with Crippen LogP contribution in [0.3, 0.4) is 0 Å². The van der Waals surface area contributed by atoms with Gasteiger partial charge in [0.15, 0.2) is 4.34 Å². The maximum absolute atomic E-state index is 12.0. The number of rotatable bonds is 9. The molecule has 0 saturated heterocycles. The van der Waals surface area contributed by atoms with Crippen molar-refractivity contribution in [1.82, 2.24) is 15.5 Å². The summed E-state index contributed by atoms with van der Waals surface area (Å²) in [6, 6.07) is 7.82. The normalized spacial score (nSPS) is 12.0. The molecule has 1 atom stereocenters. The summed E-state index contributed by atoms with van der Waals surface area (Å²) in [5.41, 5.74) is 0.931. The van der Waals surface area contributed by atoms with Crippen molar-refractivity contribution in [2.75, 3.05) is 25.6 Å². The van der Waals surface area contributed by atoms with E-state index in [1.54, 1.807) is 7.11 Å². The number of aromatic nitrogens is 2. The average molecular weight is 431 g/mol. The van der Waals surface area contributed by atoms with Crippen molar-refractivity contribution < 1.29 is 9.53 Å². The van der Waals surface area contributed by atoms with E-state index >= 15 is 0 Å². The van der Waals surface area contributed by atoms with Gasteiger partial charge in [0.1, 0.15) is 0 Å². The fraction of sp³-hybridized carbons (Fsp3) is 0.400. The van der Waals surface area contributed by atoms with Crippen LogP contribution in [0.5, 0.6) is 0 Å².